The number of nitrogen functional groups attached to an aromatic ring is 1. The molecule has 6 rings (SSSR count). The van der Waals surface area contributed by atoms with Crippen LogP contribution in [0.3, 0.4) is 0 Å². The molecule has 0 bridgehead atoms. The van der Waals surface area contributed by atoms with Crippen LogP contribution in [0.5, 0.6) is 0 Å². The van der Waals surface area contributed by atoms with E-state index >= 15 is 4.39 Å². The maximum absolute atomic E-state index is 15.2. The molecule has 0 saturated heterocycles. The Morgan fingerprint density at radius 2 is 1.98 bits per heavy atom. The first-order valence-electron chi connectivity index (χ1n) is 13.6. The lowest BCUT2D eigenvalue weighted by molar-refractivity contribution is 0.282. The molecule has 3 aromatic heterocycles. The quantitative estimate of drug-likeness (QED) is 0.284. The van der Waals surface area contributed by atoms with Crippen molar-refractivity contribution in [3.05, 3.63) is 93.7 Å². The zero-order chi connectivity index (χ0) is 28.7. The van der Waals surface area contributed by atoms with E-state index in [2.05, 4.69) is 25.0 Å². The van der Waals surface area contributed by atoms with Gasteiger partial charge in [0.15, 0.2) is 5.82 Å². The van der Waals surface area contributed by atoms with Crippen LogP contribution in [0.15, 0.2) is 59.8 Å². The third kappa shape index (κ3) is 5.46. The van der Waals surface area contributed by atoms with Gasteiger partial charge in [0.2, 0.25) is 5.95 Å². The molecule has 1 fully saturated rings. The van der Waals surface area contributed by atoms with Crippen molar-refractivity contribution in [1.82, 2.24) is 34.2 Å². The van der Waals surface area contributed by atoms with E-state index in [1.54, 1.807) is 36.7 Å². The number of aromatic nitrogens is 6. The third-order valence-electron chi connectivity index (χ3n) is 7.36. The molecule has 1 saturated carbocycles. The molecule has 0 unspecified atom stereocenters. The number of benzene rings is 2. The Kier molecular flexibility index (Phi) is 7.06. The highest BCUT2D eigenvalue weighted by Gasteiger charge is 2.25. The summed E-state index contributed by atoms with van der Waals surface area (Å²) in [6.45, 7) is 1.21. The molecule has 1 aliphatic rings. The van der Waals surface area contributed by atoms with E-state index < -0.39 is 18.0 Å². The number of halogens is 1. The van der Waals surface area contributed by atoms with Crippen LogP contribution in [0, 0.1) is 5.82 Å². The molecule has 0 atom stereocenters. The summed E-state index contributed by atoms with van der Waals surface area (Å²) in [5.41, 5.74) is 8.73. The topological polar surface area (TPSA) is 128 Å². The molecule has 2 aromatic carbocycles. The van der Waals surface area contributed by atoms with Gasteiger partial charge in [-0.2, -0.15) is 15.1 Å². The second kappa shape index (κ2) is 10.8. The number of hydrogen-bond acceptors (Lipinski definition) is 8. The van der Waals surface area contributed by atoms with Crippen LogP contribution in [-0.4, -0.2) is 59.9 Å². The lowest BCUT2D eigenvalue weighted by atomic mass is 10.0. The highest BCUT2D eigenvalue weighted by Crippen LogP contribution is 2.41. The van der Waals surface area contributed by atoms with E-state index in [0.717, 1.165) is 37.1 Å². The summed E-state index contributed by atoms with van der Waals surface area (Å²) in [6.07, 6.45) is 7.80. The van der Waals surface area contributed by atoms with E-state index in [9.17, 15) is 9.90 Å². The summed E-state index contributed by atoms with van der Waals surface area (Å²) in [5.74, 6) is 0.588. The molecule has 0 spiro atoms. The molecule has 1 aliphatic carbocycles. The predicted octanol–water partition coefficient (Wildman–Crippen LogP) is 3.28. The van der Waals surface area contributed by atoms with Crippen molar-refractivity contribution >= 4 is 16.7 Å². The van der Waals surface area contributed by atoms with Crippen LogP contribution in [0.2, 0.25) is 0 Å². The standard InChI is InChI=1S/C30H31FN8O2/c1-37(2)10-11-38-16-18(15-33-38)12-26-34-28(36-30(32)35-26)22-4-3-5-25(23(22)17-40)39-9-8-20-13-21(19-6-7-19)14-24(31)27(20)29(39)41/h3-5,8-9,13-16,19,40H,6-7,10-12,17H2,1-2H3,(H2,32,34,35,36). The fraction of sp³-hybridized carbons (Fsp3) is 0.300. The Morgan fingerprint density at radius 3 is 2.73 bits per heavy atom. The lowest BCUT2D eigenvalue weighted by Crippen LogP contribution is -2.20. The molecule has 3 N–H and O–H groups in total. The first kappa shape index (κ1) is 26.7. The number of anilines is 1. The first-order chi connectivity index (χ1) is 19.8. The van der Waals surface area contributed by atoms with Crippen LogP contribution in [-0.2, 0) is 19.6 Å². The fourth-order valence-electron chi connectivity index (χ4n) is 5.11. The zero-order valence-electron chi connectivity index (χ0n) is 23.0. The molecular weight excluding hydrogens is 523 g/mol. The number of nitrogens with zero attached hydrogens (tertiary/aromatic N) is 7. The Hall–Kier alpha value is -4.48. The Bertz CT molecular complexity index is 1810. The first-order valence-corrected chi connectivity index (χ1v) is 13.6. The predicted molar refractivity (Wildman–Crippen MR) is 154 cm³/mol. The average molecular weight is 555 g/mol. The maximum Gasteiger partial charge on any atom is 0.265 e. The van der Waals surface area contributed by atoms with Gasteiger partial charge in [0, 0.05) is 36.5 Å². The fourth-order valence-corrected chi connectivity index (χ4v) is 5.11. The molecule has 0 radical (unpaired) electrons. The summed E-state index contributed by atoms with van der Waals surface area (Å²) in [6, 6.07) is 10.3. The number of rotatable bonds is 9. The molecule has 0 amide bonds. The van der Waals surface area contributed by atoms with Gasteiger partial charge in [-0.15, -0.1) is 0 Å². The van der Waals surface area contributed by atoms with Gasteiger partial charge in [-0.3, -0.25) is 14.0 Å². The van der Waals surface area contributed by atoms with Gasteiger partial charge in [-0.25, -0.2) is 9.37 Å². The van der Waals surface area contributed by atoms with Crippen molar-refractivity contribution in [2.24, 2.45) is 0 Å². The van der Waals surface area contributed by atoms with E-state index in [1.165, 1.54) is 10.6 Å². The SMILES string of the molecule is CN(C)CCn1cc(Cc2nc(N)nc(-c3cccc(-n4ccc5cc(C6CC6)cc(F)c5c4=O)c3CO)n2)cn1. The second-order valence-corrected chi connectivity index (χ2v) is 10.7. The number of hydrogen-bond donors (Lipinski definition) is 2. The van der Waals surface area contributed by atoms with Crippen molar-refractivity contribution in [2.45, 2.75) is 38.3 Å². The number of aliphatic hydroxyl groups excluding tert-OH is 1. The van der Waals surface area contributed by atoms with E-state index in [1.807, 2.05) is 31.0 Å². The summed E-state index contributed by atoms with van der Waals surface area (Å²) in [7, 11) is 4.02. The second-order valence-electron chi connectivity index (χ2n) is 10.7. The van der Waals surface area contributed by atoms with Gasteiger partial charge < -0.3 is 15.7 Å². The van der Waals surface area contributed by atoms with Crippen LogP contribution in [0.1, 0.15) is 41.3 Å². The molecule has 3 heterocycles. The number of nitrogens with two attached hydrogens (primary N) is 1. The van der Waals surface area contributed by atoms with Crippen molar-refractivity contribution < 1.29 is 9.50 Å². The van der Waals surface area contributed by atoms with Crippen molar-refractivity contribution in [1.29, 1.82) is 0 Å². The van der Waals surface area contributed by atoms with Crippen molar-refractivity contribution in [2.75, 3.05) is 26.4 Å². The van der Waals surface area contributed by atoms with Crippen LogP contribution < -0.4 is 11.3 Å². The molecule has 0 aliphatic heterocycles. The third-order valence-corrected chi connectivity index (χ3v) is 7.36. The number of likely N-dealkylation sites (N-methyl/N-ethyl adjacent to an activating group) is 1. The molecular formula is C30H31FN8O2. The van der Waals surface area contributed by atoms with Crippen LogP contribution in [0.4, 0.5) is 10.3 Å². The minimum Gasteiger partial charge on any atom is -0.392 e. The van der Waals surface area contributed by atoms with Gasteiger partial charge in [0.25, 0.3) is 5.56 Å². The molecule has 11 heteroatoms. The van der Waals surface area contributed by atoms with Gasteiger partial charge in [-0.1, -0.05) is 18.2 Å². The van der Waals surface area contributed by atoms with Crippen molar-refractivity contribution in [3.8, 4) is 17.1 Å². The molecule has 41 heavy (non-hydrogen) atoms. The van der Waals surface area contributed by atoms with E-state index in [0.29, 0.717) is 40.4 Å². The lowest BCUT2D eigenvalue weighted by Gasteiger charge is -2.15. The summed E-state index contributed by atoms with van der Waals surface area (Å²) in [5, 5.41) is 15.4. The summed E-state index contributed by atoms with van der Waals surface area (Å²) < 4.78 is 18.4. The van der Waals surface area contributed by atoms with Gasteiger partial charge in [-0.05, 0) is 67.6 Å². The average Bonchev–Trinajstić information content (AvgIpc) is 3.70. The molecule has 10 nitrogen and oxygen atoms in total. The zero-order valence-corrected chi connectivity index (χ0v) is 23.0. The number of pyridine rings is 1. The monoisotopic (exact) mass is 554 g/mol. The highest BCUT2D eigenvalue weighted by atomic mass is 19.1. The number of fused-ring (bicyclic) bond motifs is 1. The number of aliphatic hydroxyl groups is 1. The smallest absolute Gasteiger partial charge is 0.265 e. The van der Waals surface area contributed by atoms with E-state index in [4.69, 9.17) is 5.73 Å². The molecule has 5 aromatic rings. The maximum atomic E-state index is 15.2. The highest BCUT2D eigenvalue weighted by molar-refractivity contribution is 5.83. The van der Waals surface area contributed by atoms with Gasteiger partial charge >= 0.3 is 0 Å². The normalized spacial score (nSPS) is 13.4. The Balaban J connectivity index is 1.37. The van der Waals surface area contributed by atoms with Crippen LogP contribution in [0.25, 0.3) is 27.8 Å². The summed E-state index contributed by atoms with van der Waals surface area (Å²) >= 11 is 0. The van der Waals surface area contributed by atoms with E-state index in [-0.39, 0.29) is 17.2 Å². The minimum absolute atomic E-state index is 0.0176. The summed E-state index contributed by atoms with van der Waals surface area (Å²) in [4.78, 5) is 28.9. The van der Waals surface area contributed by atoms with Crippen molar-refractivity contribution in [3.63, 3.8) is 0 Å². The van der Waals surface area contributed by atoms with Gasteiger partial charge in [0.1, 0.15) is 11.6 Å². The van der Waals surface area contributed by atoms with Gasteiger partial charge in [0.05, 0.1) is 30.4 Å². The Labute approximate surface area is 235 Å². The van der Waals surface area contributed by atoms with Crippen LogP contribution >= 0.6 is 0 Å². The minimum atomic E-state index is -0.537. The largest absolute Gasteiger partial charge is 0.392 e. The molecule has 210 valence electrons. The Morgan fingerprint density at radius 1 is 1.15 bits per heavy atom.